The smallest absolute Gasteiger partial charge is 0.180 e. The van der Waals surface area contributed by atoms with Gasteiger partial charge < -0.3 is 14.6 Å². The van der Waals surface area contributed by atoms with Crippen LogP contribution in [-0.4, -0.2) is 28.0 Å². The number of nitrogens with one attached hydrogen (secondary N) is 1. The number of imidazole rings is 1. The van der Waals surface area contributed by atoms with Crippen molar-refractivity contribution in [2.45, 2.75) is 13.8 Å². The van der Waals surface area contributed by atoms with E-state index in [0.717, 1.165) is 29.5 Å². The van der Waals surface area contributed by atoms with E-state index in [9.17, 15) is 0 Å². The molecule has 0 aliphatic rings. The number of hydrogen-bond acceptors (Lipinski definition) is 4. The van der Waals surface area contributed by atoms with Crippen molar-refractivity contribution in [3.8, 4) is 0 Å². The monoisotopic (exact) mass is 281 g/mol. The van der Waals surface area contributed by atoms with Gasteiger partial charge >= 0.3 is 0 Å². The van der Waals surface area contributed by atoms with Gasteiger partial charge in [-0.15, -0.1) is 0 Å². The third kappa shape index (κ3) is 2.54. The van der Waals surface area contributed by atoms with Gasteiger partial charge in [-0.3, -0.25) is 0 Å². The van der Waals surface area contributed by atoms with Gasteiger partial charge in [0, 0.05) is 31.7 Å². The molecule has 2 heterocycles. The van der Waals surface area contributed by atoms with E-state index in [1.807, 2.05) is 23.8 Å². The number of aromatic nitrogens is 3. The Morgan fingerprint density at radius 1 is 1.24 bits per heavy atom. The molecule has 5 nitrogen and oxygen atoms in total. The lowest BCUT2D eigenvalue weighted by Crippen LogP contribution is -2.14. The van der Waals surface area contributed by atoms with Crippen LogP contribution < -0.4 is 10.2 Å². The quantitative estimate of drug-likeness (QED) is 0.797. The van der Waals surface area contributed by atoms with Crippen LogP contribution in [0.1, 0.15) is 12.5 Å². The molecule has 3 aromatic rings. The summed E-state index contributed by atoms with van der Waals surface area (Å²) in [5, 5.41) is 3.26. The number of fused-ring (bicyclic) bond motifs is 1. The number of aryl methyl sites for hydroxylation is 1. The summed E-state index contributed by atoms with van der Waals surface area (Å²) in [6, 6.07) is 8.39. The Balaban J connectivity index is 2.09. The molecule has 0 atom stereocenters. The fourth-order valence-corrected chi connectivity index (χ4v) is 2.30. The van der Waals surface area contributed by atoms with Crippen molar-refractivity contribution in [2.75, 3.05) is 23.8 Å². The Bertz CT molecular complexity index is 745. The third-order valence-electron chi connectivity index (χ3n) is 3.45. The van der Waals surface area contributed by atoms with Crippen molar-refractivity contribution in [1.82, 2.24) is 14.4 Å². The Labute approximate surface area is 124 Å². The minimum atomic E-state index is 0.834. The highest BCUT2D eigenvalue weighted by Gasteiger charge is 2.13. The van der Waals surface area contributed by atoms with Crippen LogP contribution in [0.4, 0.5) is 17.3 Å². The van der Waals surface area contributed by atoms with Crippen molar-refractivity contribution in [3.63, 3.8) is 0 Å². The van der Waals surface area contributed by atoms with Crippen LogP contribution >= 0.6 is 0 Å². The minimum Gasteiger partial charge on any atom is -0.369 e. The Morgan fingerprint density at radius 2 is 2.00 bits per heavy atom. The number of hydrogen-bond donors (Lipinski definition) is 1. The van der Waals surface area contributed by atoms with E-state index in [0.29, 0.717) is 0 Å². The summed E-state index contributed by atoms with van der Waals surface area (Å²) >= 11 is 0. The van der Waals surface area contributed by atoms with Crippen molar-refractivity contribution < 1.29 is 0 Å². The molecule has 0 unspecified atom stereocenters. The topological polar surface area (TPSA) is 45.5 Å². The zero-order chi connectivity index (χ0) is 14.8. The molecule has 3 rings (SSSR count). The number of anilines is 3. The molecule has 0 spiro atoms. The van der Waals surface area contributed by atoms with E-state index in [1.54, 1.807) is 6.20 Å². The lowest BCUT2D eigenvalue weighted by atomic mass is 10.2. The summed E-state index contributed by atoms with van der Waals surface area (Å²) in [5.41, 5.74) is 3.18. The lowest BCUT2D eigenvalue weighted by molar-refractivity contribution is 1.05. The zero-order valence-corrected chi connectivity index (χ0v) is 12.5. The van der Waals surface area contributed by atoms with Gasteiger partial charge in [-0.1, -0.05) is 17.7 Å². The Kier molecular flexibility index (Phi) is 3.48. The van der Waals surface area contributed by atoms with E-state index in [1.165, 1.54) is 5.56 Å². The third-order valence-corrected chi connectivity index (χ3v) is 3.45. The molecule has 0 amide bonds. The van der Waals surface area contributed by atoms with E-state index >= 15 is 0 Å². The summed E-state index contributed by atoms with van der Waals surface area (Å²) in [7, 11) is 2.01. The molecule has 5 heteroatoms. The maximum Gasteiger partial charge on any atom is 0.180 e. The molecule has 0 bridgehead atoms. The SMILES string of the molecule is CCNc1cn2ccnc2c(N(C)c2ccc(C)cc2)n1. The minimum absolute atomic E-state index is 0.834. The Hall–Kier alpha value is -2.56. The second-order valence-corrected chi connectivity index (χ2v) is 5.03. The van der Waals surface area contributed by atoms with Gasteiger partial charge in [-0.2, -0.15) is 0 Å². The predicted octanol–water partition coefficient (Wildman–Crippen LogP) is 3.24. The highest BCUT2D eigenvalue weighted by molar-refractivity contribution is 5.73. The highest BCUT2D eigenvalue weighted by Crippen LogP contribution is 2.26. The summed E-state index contributed by atoms with van der Waals surface area (Å²) in [5.74, 6) is 1.68. The first-order valence-electron chi connectivity index (χ1n) is 7.07. The van der Waals surface area contributed by atoms with Crippen molar-refractivity contribution in [3.05, 3.63) is 48.4 Å². The average Bonchev–Trinajstić information content (AvgIpc) is 2.95. The van der Waals surface area contributed by atoms with Crippen molar-refractivity contribution in [1.29, 1.82) is 0 Å². The molecule has 0 radical (unpaired) electrons. The van der Waals surface area contributed by atoms with Crippen LogP contribution in [0.2, 0.25) is 0 Å². The first-order chi connectivity index (χ1) is 10.2. The lowest BCUT2D eigenvalue weighted by Gasteiger charge is -2.20. The first kappa shape index (κ1) is 13.4. The molecule has 0 saturated carbocycles. The summed E-state index contributed by atoms with van der Waals surface area (Å²) in [4.78, 5) is 11.2. The van der Waals surface area contributed by atoms with Crippen LogP contribution in [0.25, 0.3) is 5.65 Å². The van der Waals surface area contributed by atoms with Gasteiger partial charge in [-0.05, 0) is 26.0 Å². The average molecular weight is 281 g/mol. The molecule has 1 aromatic carbocycles. The van der Waals surface area contributed by atoms with Crippen LogP contribution in [0.5, 0.6) is 0 Å². The maximum atomic E-state index is 4.69. The molecule has 0 saturated heterocycles. The van der Waals surface area contributed by atoms with E-state index in [4.69, 9.17) is 4.98 Å². The van der Waals surface area contributed by atoms with Crippen LogP contribution in [0, 0.1) is 6.92 Å². The van der Waals surface area contributed by atoms with Crippen LogP contribution in [0.3, 0.4) is 0 Å². The number of rotatable bonds is 4. The van der Waals surface area contributed by atoms with Gasteiger partial charge in [0.15, 0.2) is 11.5 Å². The maximum absolute atomic E-state index is 4.69. The molecule has 0 fully saturated rings. The highest BCUT2D eigenvalue weighted by atomic mass is 15.2. The van der Waals surface area contributed by atoms with Crippen LogP contribution in [0.15, 0.2) is 42.9 Å². The van der Waals surface area contributed by atoms with Crippen molar-refractivity contribution >= 4 is 23.0 Å². The van der Waals surface area contributed by atoms with Gasteiger partial charge in [0.25, 0.3) is 0 Å². The number of benzene rings is 1. The second-order valence-electron chi connectivity index (χ2n) is 5.03. The predicted molar refractivity (Wildman–Crippen MR) is 86.4 cm³/mol. The molecule has 0 aliphatic heterocycles. The van der Waals surface area contributed by atoms with E-state index in [2.05, 4.69) is 53.3 Å². The van der Waals surface area contributed by atoms with Crippen molar-refractivity contribution in [2.24, 2.45) is 0 Å². The first-order valence-corrected chi connectivity index (χ1v) is 7.07. The molecule has 2 aromatic heterocycles. The van der Waals surface area contributed by atoms with Gasteiger partial charge in [0.2, 0.25) is 0 Å². The normalized spacial score (nSPS) is 10.8. The van der Waals surface area contributed by atoms with Crippen LogP contribution in [-0.2, 0) is 0 Å². The van der Waals surface area contributed by atoms with E-state index in [-0.39, 0.29) is 0 Å². The molecule has 21 heavy (non-hydrogen) atoms. The van der Waals surface area contributed by atoms with Gasteiger partial charge in [-0.25, -0.2) is 9.97 Å². The molecule has 108 valence electrons. The second kappa shape index (κ2) is 5.44. The van der Waals surface area contributed by atoms with E-state index < -0.39 is 0 Å². The molecule has 0 aliphatic carbocycles. The summed E-state index contributed by atoms with van der Waals surface area (Å²) in [6.45, 7) is 4.98. The fraction of sp³-hybridized carbons (Fsp3) is 0.250. The molecular weight excluding hydrogens is 262 g/mol. The fourth-order valence-electron chi connectivity index (χ4n) is 2.30. The largest absolute Gasteiger partial charge is 0.369 e. The Morgan fingerprint density at radius 3 is 2.71 bits per heavy atom. The summed E-state index contributed by atoms with van der Waals surface area (Å²) < 4.78 is 1.99. The van der Waals surface area contributed by atoms with Gasteiger partial charge in [0.05, 0.1) is 6.20 Å². The van der Waals surface area contributed by atoms with Gasteiger partial charge in [0.1, 0.15) is 5.82 Å². The zero-order valence-electron chi connectivity index (χ0n) is 12.5. The summed E-state index contributed by atoms with van der Waals surface area (Å²) in [6.07, 6.45) is 5.68. The standard InChI is InChI=1S/C16H19N5/c1-4-17-14-11-21-10-9-18-15(21)16(19-14)20(3)13-7-5-12(2)6-8-13/h5-11,17H,4H2,1-3H3. The number of nitrogens with zero attached hydrogens (tertiary/aromatic N) is 4. The molecule has 1 N–H and O–H groups in total. The molecular formula is C16H19N5.